The molecule has 2 aromatic carbocycles. The molecule has 0 aliphatic heterocycles. The Morgan fingerprint density at radius 1 is 0.929 bits per heavy atom. The molecule has 0 atom stereocenters. The number of hydrogen-bond donors (Lipinski definition) is 0. The van der Waals surface area contributed by atoms with Gasteiger partial charge in [0.2, 0.25) is 5.92 Å². The van der Waals surface area contributed by atoms with Crippen molar-refractivity contribution in [2.24, 2.45) is 0 Å². The van der Waals surface area contributed by atoms with Crippen LogP contribution in [0.4, 0.5) is 22.0 Å². The zero-order valence-corrected chi connectivity index (χ0v) is 24.8. The van der Waals surface area contributed by atoms with Gasteiger partial charge < -0.3 is 14.2 Å². The molecule has 0 N–H and O–H groups in total. The number of Topliss-reactive ketones (excluding diaryl/α,β-unsaturated/α-hetero) is 1. The molecular formula is C32H37F5O4S. The number of benzene rings is 2. The number of fused-ring (bicyclic) bond motifs is 1. The standard InChI is InChI=1S/C32H37F5O4S/c1-4-5-6-9-23-10-13-26(28(18-23)41-32(35,36)37)30-19-24-11-12-25(20-29(24)42-30)40-17-8-15-31(33,34)14-7-16-39-21-27(38)22(2)3/h10-13,18-20H,2,4-9,14-17,21H2,1,3H3. The summed E-state index contributed by atoms with van der Waals surface area (Å²) >= 11 is 1.31. The number of halogens is 5. The zero-order chi connectivity index (χ0) is 30.8. The fourth-order valence-corrected chi connectivity index (χ4v) is 5.44. The summed E-state index contributed by atoms with van der Waals surface area (Å²) in [6.07, 6.45) is -1.67. The highest BCUT2D eigenvalue weighted by Crippen LogP contribution is 2.41. The molecule has 0 saturated carbocycles. The summed E-state index contributed by atoms with van der Waals surface area (Å²) in [6.45, 7) is 7.15. The number of hydrogen-bond acceptors (Lipinski definition) is 5. The Morgan fingerprint density at radius 3 is 2.36 bits per heavy atom. The van der Waals surface area contributed by atoms with Gasteiger partial charge in [-0.3, -0.25) is 4.79 Å². The number of aryl methyl sites for hydroxylation is 1. The molecule has 0 radical (unpaired) electrons. The number of thiophene rings is 1. The van der Waals surface area contributed by atoms with Crippen molar-refractivity contribution in [1.82, 2.24) is 0 Å². The van der Waals surface area contributed by atoms with Gasteiger partial charge in [-0.1, -0.05) is 32.4 Å². The molecule has 0 unspecified atom stereocenters. The minimum absolute atomic E-state index is 0.0703. The van der Waals surface area contributed by atoms with E-state index in [0.29, 0.717) is 28.2 Å². The third kappa shape index (κ3) is 11.0. The van der Waals surface area contributed by atoms with E-state index >= 15 is 0 Å². The van der Waals surface area contributed by atoms with Gasteiger partial charge in [0, 0.05) is 34.6 Å². The van der Waals surface area contributed by atoms with Crippen LogP contribution >= 0.6 is 11.3 Å². The van der Waals surface area contributed by atoms with Crippen LogP contribution in [-0.2, 0) is 16.0 Å². The number of carbonyl (C=O) groups is 1. The molecule has 230 valence electrons. The van der Waals surface area contributed by atoms with Crippen molar-refractivity contribution in [3.05, 3.63) is 60.2 Å². The molecule has 3 aromatic rings. The number of alkyl halides is 5. The smallest absolute Gasteiger partial charge is 0.494 e. The number of ketones is 1. The molecule has 0 fully saturated rings. The summed E-state index contributed by atoms with van der Waals surface area (Å²) in [7, 11) is 0. The second-order valence-electron chi connectivity index (χ2n) is 10.3. The molecule has 0 bridgehead atoms. The van der Waals surface area contributed by atoms with E-state index in [0.717, 1.165) is 34.9 Å². The van der Waals surface area contributed by atoms with Crippen LogP contribution < -0.4 is 9.47 Å². The highest BCUT2D eigenvalue weighted by molar-refractivity contribution is 7.22. The van der Waals surface area contributed by atoms with Gasteiger partial charge >= 0.3 is 6.36 Å². The predicted molar refractivity (Wildman–Crippen MR) is 157 cm³/mol. The monoisotopic (exact) mass is 612 g/mol. The van der Waals surface area contributed by atoms with Crippen LogP contribution in [0.2, 0.25) is 0 Å². The third-order valence-electron chi connectivity index (χ3n) is 6.59. The van der Waals surface area contributed by atoms with E-state index in [-0.39, 0.29) is 57.0 Å². The molecule has 3 rings (SSSR count). The molecule has 0 saturated heterocycles. The average Bonchev–Trinajstić information content (AvgIpc) is 3.33. The summed E-state index contributed by atoms with van der Waals surface area (Å²) < 4.78 is 84.0. The summed E-state index contributed by atoms with van der Waals surface area (Å²) in [5, 5.41) is 0.825. The maximum absolute atomic E-state index is 14.2. The van der Waals surface area contributed by atoms with Gasteiger partial charge in [-0.05, 0) is 85.5 Å². The molecule has 1 heterocycles. The molecular weight excluding hydrogens is 575 g/mol. The van der Waals surface area contributed by atoms with E-state index in [1.807, 2.05) is 6.07 Å². The normalized spacial score (nSPS) is 12.1. The number of unbranched alkanes of at least 4 members (excludes halogenated alkanes) is 2. The topological polar surface area (TPSA) is 44.8 Å². The largest absolute Gasteiger partial charge is 0.573 e. The summed E-state index contributed by atoms with van der Waals surface area (Å²) in [5.74, 6) is -2.86. The maximum atomic E-state index is 14.2. The lowest BCUT2D eigenvalue weighted by Gasteiger charge is -2.16. The Balaban J connectivity index is 1.57. The van der Waals surface area contributed by atoms with Crippen LogP contribution in [0.1, 0.15) is 64.4 Å². The van der Waals surface area contributed by atoms with E-state index in [9.17, 15) is 26.7 Å². The Kier molecular flexibility index (Phi) is 12.4. The van der Waals surface area contributed by atoms with Crippen LogP contribution in [0.15, 0.2) is 54.6 Å². The number of ether oxygens (including phenoxy) is 3. The fourth-order valence-electron chi connectivity index (χ4n) is 4.31. The van der Waals surface area contributed by atoms with Crippen molar-refractivity contribution in [2.45, 2.75) is 77.5 Å². The summed E-state index contributed by atoms with van der Waals surface area (Å²) in [6, 6.07) is 12.0. The summed E-state index contributed by atoms with van der Waals surface area (Å²) in [5.41, 5.74) is 1.51. The van der Waals surface area contributed by atoms with Crippen LogP contribution in [0, 0.1) is 0 Å². The van der Waals surface area contributed by atoms with Gasteiger partial charge in [0.1, 0.15) is 18.1 Å². The predicted octanol–water partition coefficient (Wildman–Crippen LogP) is 9.94. The molecule has 0 aliphatic carbocycles. The molecule has 1 aromatic heterocycles. The quantitative estimate of drug-likeness (QED) is 0.0815. The van der Waals surface area contributed by atoms with Crippen LogP contribution in [0.25, 0.3) is 20.5 Å². The first kappa shape index (κ1) is 33.5. The minimum atomic E-state index is -4.82. The van der Waals surface area contributed by atoms with Crippen molar-refractivity contribution in [3.8, 4) is 21.9 Å². The molecule has 0 amide bonds. The minimum Gasteiger partial charge on any atom is -0.494 e. The Hall–Kier alpha value is -2.98. The first-order valence-electron chi connectivity index (χ1n) is 14.1. The highest BCUT2D eigenvalue weighted by Gasteiger charge is 2.32. The van der Waals surface area contributed by atoms with Gasteiger partial charge in [0.25, 0.3) is 0 Å². The first-order chi connectivity index (χ1) is 19.9. The van der Waals surface area contributed by atoms with Gasteiger partial charge in [0.15, 0.2) is 5.78 Å². The van der Waals surface area contributed by atoms with Crippen LogP contribution in [0.5, 0.6) is 11.5 Å². The zero-order valence-electron chi connectivity index (χ0n) is 24.0. The van der Waals surface area contributed by atoms with Crippen LogP contribution in [-0.4, -0.2) is 37.9 Å². The second-order valence-corrected chi connectivity index (χ2v) is 11.4. The van der Waals surface area contributed by atoms with Crippen LogP contribution in [0.3, 0.4) is 0 Å². The lowest BCUT2D eigenvalue weighted by atomic mass is 10.0. The number of carbonyl (C=O) groups excluding carboxylic acids is 1. The van der Waals surface area contributed by atoms with Crippen molar-refractivity contribution >= 4 is 27.2 Å². The highest BCUT2D eigenvalue weighted by atomic mass is 32.1. The third-order valence-corrected chi connectivity index (χ3v) is 7.72. The Morgan fingerprint density at radius 2 is 1.67 bits per heavy atom. The molecule has 0 spiro atoms. The Bertz CT molecular complexity index is 1330. The molecule has 42 heavy (non-hydrogen) atoms. The lowest BCUT2D eigenvalue weighted by molar-refractivity contribution is -0.274. The Labute approximate surface area is 247 Å². The second kappa shape index (κ2) is 15.5. The molecule has 10 heteroatoms. The van der Waals surface area contributed by atoms with Crippen molar-refractivity contribution in [2.75, 3.05) is 19.8 Å². The summed E-state index contributed by atoms with van der Waals surface area (Å²) in [4.78, 5) is 12.0. The van der Waals surface area contributed by atoms with Crippen molar-refractivity contribution in [3.63, 3.8) is 0 Å². The lowest BCUT2D eigenvalue weighted by Crippen LogP contribution is -2.18. The first-order valence-corrected chi connectivity index (χ1v) is 14.9. The van der Waals surface area contributed by atoms with Gasteiger partial charge in [-0.25, -0.2) is 8.78 Å². The van der Waals surface area contributed by atoms with Crippen molar-refractivity contribution in [1.29, 1.82) is 0 Å². The van der Waals surface area contributed by atoms with E-state index < -0.39 is 12.3 Å². The van der Waals surface area contributed by atoms with Gasteiger partial charge in [-0.2, -0.15) is 0 Å². The van der Waals surface area contributed by atoms with Gasteiger partial charge in [-0.15, -0.1) is 24.5 Å². The van der Waals surface area contributed by atoms with Crippen molar-refractivity contribution < 1.29 is 41.0 Å². The fraction of sp³-hybridized carbons (Fsp3) is 0.469. The number of rotatable bonds is 18. The molecule has 4 nitrogen and oxygen atoms in total. The van der Waals surface area contributed by atoms with E-state index in [1.54, 1.807) is 37.3 Å². The van der Waals surface area contributed by atoms with E-state index in [1.165, 1.54) is 17.4 Å². The molecule has 0 aliphatic rings. The van der Waals surface area contributed by atoms with E-state index in [4.69, 9.17) is 9.47 Å². The SMILES string of the molecule is C=C(C)C(=O)COCCCC(F)(F)CCCOc1ccc2cc(-c3ccc(CCCCC)cc3OC(F)(F)F)sc2c1. The van der Waals surface area contributed by atoms with E-state index in [2.05, 4.69) is 18.2 Å². The van der Waals surface area contributed by atoms with Gasteiger partial charge in [0.05, 0.1) is 6.61 Å². The average molecular weight is 613 g/mol. The maximum Gasteiger partial charge on any atom is 0.573 e.